The molecule has 4 rings (SSSR count). The second kappa shape index (κ2) is 6.97. The molecule has 0 radical (unpaired) electrons. The SMILES string of the molecule is O=C(CSc1nccn1-c1cccc(F)c1)Nc1nc2c(s1)CCC2. The Kier molecular flexibility index (Phi) is 4.54. The normalized spacial score (nSPS) is 13.0. The quantitative estimate of drug-likeness (QED) is 0.692. The maximum atomic E-state index is 13.4. The predicted octanol–water partition coefficient (Wildman–Crippen LogP) is 3.69. The average molecular weight is 374 g/mol. The highest BCUT2D eigenvalue weighted by atomic mass is 32.2. The number of halogens is 1. The molecule has 0 unspecified atom stereocenters. The van der Waals surface area contributed by atoms with Crippen LogP contribution < -0.4 is 5.32 Å². The van der Waals surface area contributed by atoms with Crippen LogP contribution in [-0.2, 0) is 17.6 Å². The van der Waals surface area contributed by atoms with E-state index in [1.165, 1.54) is 28.8 Å². The maximum Gasteiger partial charge on any atom is 0.236 e. The van der Waals surface area contributed by atoms with Gasteiger partial charge in [0, 0.05) is 17.3 Å². The van der Waals surface area contributed by atoms with Crippen LogP contribution in [0.1, 0.15) is 17.0 Å². The second-order valence-electron chi connectivity index (χ2n) is 5.64. The molecule has 5 nitrogen and oxygen atoms in total. The van der Waals surface area contributed by atoms with Gasteiger partial charge in [-0.3, -0.25) is 9.36 Å². The first-order chi connectivity index (χ1) is 12.2. The van der Waals surface area contributed by atoms with Crippen molar-refractivity contribution in [2.24, 2.45) is 0 Å². The Morgan fingerprint density at radius 2 is 2.32 bits per heavy atom. The number of benzene rings is 1. The number of hydrogen-bond acceptors (Lipinski definition) is 5. The number of carbonyl (C=O) groups is 1. The first-order valence-corrected chi connectivity index (χ1v) is 9.70. The summed E-state index contributed by atoms with van der Waals surface area (Å²) in [4.78, 5) is 22.2. The fourth-order valence-electron chi connectivity index (χ4n) is 2.75. The van der Waals surface area contributed by atoms with E-state index >= 15 is 0 Å². The van der Waals surface area contributed by atoms with Gasteiger partial charge in [0.25, 0.3) is 0 Å². The molecule has 2 aromatic heterocycles. The third-order valence-electron chi connectivity index (χ3n) is 3.87. The van der Waals surface area contributed by atoms with Crippen LogP contribution in [0.4, 0.5) is 9.52 Å². The van der Waals surface area contributed by atoms with Crippen molar-refractivity contribution in [3.8, 4) is 5.69 Å². The number of hydrogen-bond donors (Lipinski definition) is 1. The summed E-state index contributed by atoms with van der Waals surface area (Å²) in [6.45, 7) is 0. The number of nitrogens with one attached hydrogen (secondary N) is 1. The molecule has 0 saturated carbocycles. The van der Waals surface area contributed by atoms with Gasteiger partial charge in [-0.1, -0.05) is 17.8 Å². The fourth-order valence-corrected chi connectivity index (χ4v) is 4.59. The molecule has 2 heterocycles. The molecule has 1 amide bonds. The van der Waals surface area contributed by atoms with E-state index < -0.39 is 0 Å². The van der Waals surface area contributed by atoms with Gasteiger partial charge < -0.3 is 5.32 Å². The highest BCUT2D eigenvalue weighted by molar-refractivity contribution is 7.99. The second-order valence-corrected chi connectivity index (χ2v) is 7.67. The predicted molar refractivity (Wildman–Crippen MR) is 97.0 cm³/mol. The molecular weight excluding hydrogens is 359 g/mol. The standard InChI is InChI=1S/C17H15FN4OS2/c18-11-3-1-4-12(9-11)22-8-7-19-17(22)24-10-15(23)21-16-20-13-5-2-6-14(13)25-16/h1,3-4,7-9H,2,5-6,10H2,(H,20,21,23). The van der Waals surface area contributed by atoms with Crippen molar-refractivity contribution in [2.45, 2.75) is 24.4 Å². The lowest BCUT2D eigenvalue weighted by Gasteiger charge is -2.07. The van der Waals surface area contributed by atoms with E-state index in [9.17, 15) is 9.18 Å². The average Bonchev–Trinajstić information content (AvgIpc) is 3.28. The Hall–Kier alpha value is -2.19. The number of aryl methyl sites for hydroxylation is 2. The number of nitrogens with zero attached hydrogens (tertiary/aromatic N) is 3. The molecule has 1 aliphatic carbocycles. The number of carbonyl (C=O) groups excluding carboxylic acids is 1. The minimum absolute atomic E-state index is 0.119. The Morgan fingerprint density at radius 1 is 1.40 bits per heavy atom. The molecule has 1 aromatic carbocycles. The first kappa shape index (κ1) is 16.3. The molecule has 0 saturated heterocycles. The number of aromatic nitrogens is 3. The lowest BCUT2D eigenvalue weighted by atomic mass is 10.3. The summed E-state index contributed by atoms with van der Waals surface area (Å²) in [6, 6.07) is 6.27. The maximum absolute atomic E-state index is 13.4. The Labute approximate surface area is 152 Å². The van der Waals surface area contributed by atoms with Crippen LogP contribution in [-0.4, -0.2) is 26.2 Å². The van der Waals surface area contributed by atoms with E-state index in [1.807, 2.05) is 0 Å². The minimum atomic E-state index is -0.309. The van der Waals surface area contributed by atoms with Crippen molar-refractivity contribution in [1.82, 2.24) is 14.5 Å². The third-order valence-corrected chi connectivity index (χ3v) is 5.91. The molecule has 0 bridgehead atoms. The van der Waals surface area contributed by atoms with Gasteiger partial charge >= 0.3 is 0 Å². The highest BCUT2D eigenvalue weighted by Crippen LogP contribution is 2.30. The monoisotopic (exact) mass is 374 g/mol. The summed E-state index contributed by atoms with van der Waals surface area (Å²) < 4.78 is 15.2. The molecule has 0 atom stereocenters. The van der Waals surface area contributed by atoms with Crippen molar-refractivity contribution in [3.05, 3.63) is 53.0 Å². The van der Waals surface area contributed by atoms with Crippen molar-refractivity contribution in [1.29, 1.82) is 0 Å². The van der Waals surface area contributed by atoms with E-state index in [1.54, 1.807) is 40.4 Å². The van der Waals surface area contributed by atoms with Crippen LogP contribution in [0.3, 0.4) is 0 Å². The molecule has 0 fully saturated rings. The summed E-state index contributed by atoms with van der Waals surface area (Å²) in [7, 11) is 0. The lowest BCUT2D eigenvalue weighted by Crippen LogP contribution is -2.14. The molecule has 0 aliphatic heterocycles. The van der Waals surface area contributed by atoms with Crippen molar-refractivity contribution in [2.75, 3.05) is 11.1 Å². The summed E-state index contributed by atoms with van der Waals surface area (Å²) >= 11 is 2.87. The number of rotatable bonds is 5. The van der Waals surface area contributed by atoms with Crippen molar-refractivity contribution in [3.63, 3.8) is 0 Å². The molecule has 128 valence electrons. The minimum Gasteiger partial charge on any atom is -0.301 e. The molecular formula is C17H15FN4OS2. The molecule has 8 heteroatoms. The lowest BCUT2D eigenvalue weighted by molar-refractivity contribution is -0.113. The van der Waals surface area contributed by atoms with Gasteiger partial charge in [0.1, 0.15) is 5.82 Å². The number of imidazole rings is 1. The highest BCUT2D eigenvalue weighted by Gasteiger charge is 2.18. The van der Waals surface area contributed by atoms with Crippen LogP contribution in [0.25, 0.3) is 5.69 Å². The zero-order chi connectivity index (χ0) is 17.2. The first-order valence-electron chi connectivity index (χ1n) is 7.89. The summed E-state index contributed by atoms with van der Waals surface area (Å²) in [5, 5.41) is 4.16. The zero-order valence-electron chi connectivity index (χ0n) is 13.2. The number of fused-ring (bicyclic) bond motifs is 1. The van der Waals surface area contributed by atoms with E-state index in [0.717, 1.165) is 25.0 Å². The van der Waals surface area contributed by atoms with E-state index in [-0.39, 0.29) is 17.5 Å². The van der Waals surface area contributed by atoms with Crippen molar-refractivity contribution >= 4 is 34.1 Å². The Balaban J connectivity index is 1.40. The number of anilines is 1. The van der Waals surface area contributed by atoms with Gasteiger partial charge in [-0.05, 0) is 37.5 Å². The number of amides is 1. The smallest absolute Gasteiger partial charge is 0.236 e. The van der Waals surface area contributed by atoms with Gasteiger partial charge in [0.2, 0.25) is 5.91 Å². The third kappa shape index (κ3) is 3.59. The molecule has 3 aromatic rings. The van der Waals surface area contributed by atoms with Crippen LogP contribution in [0.2, 0.25) is 0 Å². The largest absolute Gasteiger partial charge is 0.301 e. The zero-order valence-corrected chi connectivity index (χ0v) is 14.9. The number of thioether (sulfide) groups is 1. The molecule has 0 spiro atoms. The van der Waals surface area contributed by atoms with E-state index in [2.05, 4.69) is 15.3 Å². The van der Waals surface area contributed by atoms with Crippen molar-refractivity contribution < 1.29 is 9.18 Å². The van der Waals surface area contributed by atoms with Crippen LogP contribution in [0.15, 0.2) is 41.8 Å². The van der Waals surface area contributed by atoms with Gasteiger partial charge in [-0.15, -0.1) is 11.3 Å². The summed E-state index contributed by atoms with van der Waals surface area (Å²) in [5.74, 6) is -0.209. The summed E-state index contributed by atoms with van der Waals surface area (Å²) in [6.07, 6.45) is 6.60. The van der Waals surface area contributed by atoms with Gasteiger partial charge in [-0.2, -0.15) is 0 Å². The Morgan fingerprint density at radius 3 is 3.16 bits per heavy atom. The summed E-state index contributed by atoms with van der Waals surface area (Å²) in [5.41, 5.74) is 1.80. The molecule has 1 N–H and O–H groups in total. The van der Waals surface area contributed by atoms with Crippen LogP contribution in [0.5, 0.6) is 0 Å². The van der Waals surface area contributed by atoms with Crippen LogP contribution in [0, 0.1) is 5.82 Å². The fraction of sp³-hybridized carbons (Fsp3) is 0.235. The van der Waals surface area contributed by atoms with E-state index in [0.29, 0.717) is 16.0 Å². The van der Waals surface area contributed by atoms with Gasteiger partial charge in [-0.25, -0.2) is 14.4 Å². The number of thiazole rings is 1. The topological polar surface area (TPSA) is 59.8 Å². The van der Waals surface area contributed by atoms with Crippen LogP contribution >= 0.6 is 23.1 Å². The van der Waals surface area contributed by atoms with E-state index in [4.69, 9.17) is 0 Å². The van der Waals surface area contributed by atoms with Gasteiger partial charge in [0.15, 0.2) is 10.3 Å². The Bertz CT molecular complexity index is 900. The molecule has 25 heavy (non-hydrogen) atoms. The molecule has 1 aliphatic rings. The van der Waals surface area contributed by atoms with Gasteiger partial charge in [0.05, 0.1) is 17.1 Å².